The molecule has 0 spiro atoms. The van der Waals surface area contributed by atoms with Crippen molar-refractivity contribution in [1.82, 2.24) is 4.90 Å². The van der Waals surface area contributed by atoms with Crippen LogP contribution in [0, 0.1) is 0 Å². The number of benzene rings is 1. The highest BCUT2D eigenvalue weighted by Crippen LogP contribution is 2.26. The quantitative estimate of drug-likeness (QED) is 0.903. The number of amides is 1. The summed E-state index contributed by atoms with van der Waals surface area (Å²) >= 11 is 12.1. The molecule has 1 aliphatic heterocycles. The molecule has 1 aromatic carbocycles. The molecule has 0 saturated carbocycles. The van der Waals surface area contributed by atoms with Gasteiger partial charge in [0.25, 0.3) is 5.91 Å². The SMILES string of the molecule is NCC1CN(C(=O)c2c(Cl)cccc2Cl)CCO1. The van der Waals surface area contributed by atoms with Crippen LogP contribution < -0.4 is 5.73 Å². The molecular weight excluding hydrogens is 275 g/mol. The van der Waals surface area contributed by atoms with Crippen molar-refractivity contribution in [2.75, 3.05) is 26.2 Å². The average Bonchev–Trinajstić information content (AvgIpc) is 2.38. The first-order valence-corrected chi connectivity index (χ1v) is 6.44. The van der Waals surface area contributed by atoms with Gasteiger partial charge < -0.3 is 15.4 Å². The molecule has 1 fully saturated rings. The molecule has 6 heteroatoms. The van der Waals surface area contributed by atoms with Crippen molar-refractivity contribution in [3.63, 3.8) is 0 Å². The summed E-state index contributed by atoms with van der Waals surface area (Å²) in [7, 11) is 0. The molecule has 1 amide bonds. The molecule has 18 heavy (non-hydrogen) atoms. The van der Waals surface area contributed by atoms with Gasteiger partial charge in [-0.2, -0.15) is 0 Å². The van der Waals surface area contributed by atoms with Crippen molar-refractivity contribution < 1.29 is 9.53 Å². The van der Waals surface area contributed by atoms with E-state index in [2.05, 4.69) is 0 Å². The van der Waals surface area contributed by atoms with E-state index in [1.165, 1.54) is 0 Å². The van der Waals surface area contributed by atoms with E-state index in [-0.39, 0.29) is 12.0 Å². The van der Waals surface area contributed by atoms with E-state index in [0.717, 1.165) is 0 Å². The summed E-state index contributed by atoms with van der Waals surface area (Å²) < 4.78 is 5.42. The van der Waals surface area contributed by atoms with Crippen LogP contribution >= 0.6 is 23.2 Å². The highest BCUT2D eigenvalue weighted by molar-refractivity contribution is 6.39. The van der Waals surface area contributed by atoms with Crippen molar-refractivity contribution in [3.05, 3.63) is 33.8 Å². The molecule has 0 aromatic heterocycles. The van der Waals surface area contributed by atoms with E-state index in [9.17, 15) is 4.79 Å². The molecule has 1 saturated heterocycles. The normalized spacial score (nSPS) is 19.9. The Morgan fingerprint density at radius 3 is 2.72 bits per heavy atom. The third kappa shape index (κ3) is 2.78. The van der Waals surface area contributed by atoms with Crippen LogP contribution in [0.5, 0.6) is 0 Å². The van der Waals surface area contributed by atoms with Crippen molar-refractivity contribution in [2.45, 2.75) is 6.10 Å². The summed E-state index contributed by atoms with van der Waals surface area (Å²) in [6.45, 7) is 1.86. The number of ether oxygens (including phenoxy) is 1. The van der Waals surface area contributed by atoms with Gasteiger partial charge in [-0.05, 0) is 12.1 Å². The van der Waals surface area contributed by atoms with Gasteiger partial charge in [0.05, 0.1) is 28.3 Å². The number of hydrogen-bond acceptors (Lipinski definition) is 3. The molecule has 1 unspecified atom stereocenters. The summed E-state index contributed by atoms with van der Waals surface area (Å²) in [5.41, 5.74) is 5.89. The van der Waals surface area contributed by atoms with E-state index < -0.39 is 0 Å². The van der Waals surface area contributed by atoms with Crippen LogP contribution in [0.25, 0.3) is 0 Å². The lowest BCUT2D eigenvalue weighted by atomic mass is 10.1. The van der Waals surface area contributed by atoms with E-state index in [4.69, 9.17) is 33.7 Å². The van der Waals surface area contributed by atoms with Crippen LogP contribution in [-0.4, -0.2) is 43.2 Å². The Kier molecular flexibility index (Phi) is 4.45. The summed E-state index contributed by atoms with van der Waals surface area (Å²) in [4.78, 5) is 14.0. The zero-order valence-electron chi connectivity index (χ0n) is 9.73. The first-order chi connectivity index (χ1) is 8.63. The summed E-state index contributed by atoms with van der Waals surface area (Å²) in [5, 5.41) is 0.728. The average molecular weight is 289 g/mol. The van der Waals surface area contributed by atoms with Crippen molar-refractivity contribution in [1.29, 1.82) is 0 Å². The number of hydrogen-bond donors (Lipinski definition) is 1. The molecule has 4 nitrogen and oxygen atoms in total. The van der Waals surface area contributed by atoms with E-state index >= 15 is 0 Å². The molecule has 0 radical (unpaired) electrons. The number of rotatable bonds is 2. The molecule has 2 N–H and O–H groups in total. The second kappa shape index (κ2) is 5.89. The largest absolute Gasteiger partial charge is 0.373 e. The molecular formula is C12H14Cl2N2O2. The van der Waals surface area contributed by atoms with Gasteiger partial charge in [-0.1, -0.05) is 29.3 Å². The van der Waals surface area contributed by atoms with Gasteiger partial charge in [0.1, 0.15) is 0 Å². The number of nitrogens with zero attached hydrogens (tertiary/aromatic N) is 1. The summed E-state index contributed by atoms with van der Waals surface area (Å²) in [6.07, 6.45) is -0.121. The highest BCUT2D eigenvalue weighted by atomic mass is 35.5. The zero-order chi connectivity index (χ0) is 13.1. The van der Waals surface area contributed by atoms with Gasteiger partial charge in [0, 0.05) is 19.6 Å². The maximum Gasteiger partial charge on any atom is 0.257 e. The van der Waals surface area contributed by atoms with Crippen LogP contribution in [-0.2, 0) is 4.74 Å². The van der Waals surface area contributed by atoms with Crippen molar-refractivity contribution in [3.8, 4) is 0 Å². The Balaban J connectivity index is 2.20. The minimum Gasteiger partial charge on any atom is -0.373 e. The lowest BCUT2D eigenvalue weighted by Gasteiger charge is -2.32. The lowest BCUT2D eigenvalue weighted by Crippen LogP contribution is -2.48. The zero-order valence-corrected chi connectivity index (χ0v) is 11.2. The Bertz CT molecular complexity index is 433. The summed E-state index contributed by atoms with van der Waals surface area (Å²) in [6, 6.07) is 5.02. The minimum absolute atomic E-state index is 0.121. The topological polar surface area (TPSA) is 55.6 Å². The maximum atomic E-state index is 12.4. The highest BCUT2D eigenvalue weighted by Gasteiger charge is 2.26. The fourth-order valence-electron chi connectivity index (χ4n) is 1.91. The number of carbonyl (C=O) groups excluding carboxylic acids is 1. The van der Waals surface area contributed by atoms with E-state index in [1.807, 2.05) is 0 Å². The molecule has 0 bridgehead atoms. The molecule has 1 atom stereocenters. The predicted octanol–water partition coefficient (Wildman–Crippen LogP) is 1.79. The monoisotopic (exact) mass is 288 g/mol. The molecule has 0 aliphatic carbocycles. The van der Waals surface area contributed by atoms with E-state index in [0.29, 0.717) is 41.8 Å². The molecule has 1 aliphatic rings. The fraction of sp³-hybridized carbons (Fsp3) is 0.417. The second-order valence-electron chi connectivity index (χ2n) is 4.08. The maximum absolute atomic E-state index is 12.4. The van der Waals surface area contributed by atoms with Crippen LogP contribution in [0.4, 0.5) is 0 Å². The number of halogens is 2. The first-order valence-electron chi connectivity index (χ1n) is 5.68. The van der Waals surface area contributed by atoms with Crippen molar-refractivity contribution >= 4 is 29.1 Å². The number of morpholine rings is 1. The molecule has 1 aromatic rings. The van der Waals surface area contributed by atoms with Gasteiger partial charge in [0.15, 0.2) is 0 Å². The Morgan fingerprint density at radius 2 is 2.11 bits per heavy atom. The molecule has 1 heterocycles. The fourth-order valence-corrected chi connectivity index (χ4v) is 2.47. The van der Waals surface area contributed by atoms with Crippen LogP contribution in [0.2, 0.25) is 10.0 Å². The van der Waals surface area contributed by atoms with Gasteiger partial charge in [-0.3, -0.25) is 4.79 Å². The van der Waals surface area contributed by atoms with Crippen LogP contribution in [0.3, 0.4) is 0 Å². The smallest absolute Gasteiger partial charge is 0.257 e. The Hall–Kier alpha value is -0.810. The Morgan fingerprint density at radius 1 is 1.44 bits per heavy atom. The predicted molar refractivity (Wildman–Crippen MR) is 71.2 cm³/mol. The van der Waals surface area contributed by atoms with Gasteiger partial charge in [-0.15, -0.1) is 0 Å². The van der Waals surface area contributed by atoms with Crippen LogP contribution in [0.15, 0.2) is 18.2 Å². The van der Waals surface area contributed by atoms with Gasteiger partial charge in [-0.25, -0.2) is 0 Å². The Labute approximate surface area is 116 Å². The van der Waals surface area contributed by atoms with Gasteiger partial charge in [0.2, 0.25) is 0 Å². The lowest BCUT2D eigenvalue weighted by molar-refractivity contribution is -0.0167. The number of nitrogens with two attached hydrogens (primary N) is 1. The van der Waals surface area contributed by atoms with Gasteiger partial charge >= 0.3 is 0 Å². The molecule has 98 valence electrons. The van der Waals surface area contributed by atoms with Crippen LogP contribution in [0.1, 0.15) is 10.4 Å². The second-order valence-corrected chi connectivity index (χ2v) is 4.89. The third-order valence-electron chi connectivity index (χ3n) is 2.87. The first kappa shape index (κ1) is 13.6. The minimum atomic E-state index is -0.174. The standard InChI is InChI=1S/C12H14Cl2N2O2/c13-9-2-1-3-10(14)11(9)12(17)16-4-5-18-8(6-15)7-16/h1-3,8H,4-7,15H2. The van der Waals surface area contributed by atoms with Crippen molar-refractivity contribution in [2.24, 2.45) is 5.73 Å². The summed E-state index contributed by atoms with van der Waals surface area (Å²) in [5.74, 6) is -0.174. The molecule has 2 rings (SSSR count). The van der Waals surface area contributed by atoms with E-state index in [1.54, 1.807) is 23.1 Å². The third-order valence-corrected chi connectivity index (χ3v) is 3.50. The number of carbonyl (C=O) groups is 1.